The van der Waals surface area contributed by atoms with E-state index in [-0.39, 0.29) is 0 Å². The van der Waals surface area contributed by atoms with E-state index in [4.69, 9.17) is 5.84 Å². The molecule has 0 aliphatic heterocycles. The van der Waals surface area contributed by atoms with E-state index < -0.39 is 0 Å². The van der Waals surface area contributed by atoms with Gasteiger partial charge in [0.2, 0.25) is 5.95 Å². The Bertz CT molecular complexity index is 516. The average molecular weight is 219 g/mol. The van der Waals surface area contributed by atoms with E-state index in [9.17, 15) is 0 Å². The van der Waals surface area contributed by atoms with Crippen LogP contribution in [0.2, 0.25) is 0 Å². The maximum absolute atomic E-state index is 5.34. The van der Waals surface area contributed by atoms with E-state index in [0.29, 0.717) is 17.6 Å². The maximum atomic E-state index is 5.34. The molecule has 0 saturated heterocycles. The minimum atomic E-state index is 0.402. The number of H-pyrrole nitrogens is 1. The monoisotopic (exact) mass is 219 g/mol. The van der Waals surface area contributed by atoms with E-state index in [1.807, 2.05) is 7.05 Å². The van der Waals surface area contributed by atoms with Crippen LogP contribution in [-0.2, 0) is 0 Å². The van der Waals surface area contributed by atoms with Gasteiger partial charge in [-0.15, -0.1) is 0 Å². The number of aromatic amines is 1. The molecule has 1 saturated carbocycles. The number of hydrogen-bond acceptors (Lipinski definition) is 6. The van der Waals surface area contributed by atoms with Gasteiger partial charge >= 0.3 is 0 Å². The summed E-state index contributed by atoms with van der Waals surface area (Å²) in [6.45, 7) is 0. The third-order valence-corrected chi connectivity index (χ3v) is 2.85. The molecule has 84 valence electrons. The molecule has 0 amide bonds. The molecule has 7 nitrogen and oxygen atoms in total. The number of nitrogen functional groups attached to an aromatic ring is 1. The zero-order valence-electron chi connectivity index (χ0n) is 8.94. The molecular formula is C9H13N7. The number of hydrogen-bond donors (Lipinski definition) is 3. The third kappa shape index (κ3) is 1.36. The van der Waals surface area contributed by atoms with Gasteiger partial charge in [0.05, 0.1) is 11.6 Å². The fourth-order valence-corrected chi connectivity index (χ4v) is 1.79. The van der Waals surface area contributed by atoms with Gasteiger partial charge in [-0.1, -0.05) is 0 Å². The lowest BCUT2D eigenvalue weighted by atomic mass is 10.3. The van der Waals surface area contributed by atoms with Gasteiger partial charge in [-0.05, 0) is 12.8 Å². The second-order valence-corrected chi connectivity index (χ2v) is 3.99. The number of rotatable bonds is 3. The predicted octanol–water partition coefficient (Wildman–Crippen LogP) is 0.237. The first kappa shape index (κ1) is 9.34. The smallest absolute Gasteiger partial charge is 0.241 e. The first-order valence-electron chi connectivity index (χ1n) is 5.20. The number of fused-ring (bicyclic) bond motifs is 1. The van der Waals surface area contributed by atoms with E-state index in [1.54, 1.807) is 6.20 Å². The molecule has 2 aromatic heterocycles. The molecule has 0 bridgehead atoms. The lowest BCUT2D eigenvalue weighted by molar-refractivity contribution is 0.894. The van der Waals surface area contributed by atoms with Crippen LogP contribution in [0, 0.1) is 0 Å². The van der Waals surface area contributed by atoms with Crippen molar-refractivity contribution in [3.8, 4) is 0 Å². The first-order valence-corrected chi connectivity index (χ1v) is 5.20. The van der Waals surface area contributed by atoms with E-state index in [2.05, 4.69) is 30.5 Å². The summed E-state index contributed by atoms with van der Waals surface area (Å²) in [7, 11) is 2.03. The second-order valence-electron chi connectivity index (χ2n) is 3.99. The minimum absolute atomic E-state index is 0.402. The summed E-state index contributed by atoms with van der Waals surface area (Å²) in [6.07, 6.45) is 4.17. The number of nitrogens with two attached hydrogens (primary N) is 1. The van der Waals surface area contributed by atoms with Crippen LogP contribution < -0.4 is 16.2 Å². The Hall–Kier alpha value is -1.89. The molecule has 7 heteroatoms. The van der Waals surface area contributed by atoms with Crippen LogP contribution in [0.3, 0.4) is 0 Å². The SMILES string of the molecule is CN(c1nc(NN)nc2[nH]ncc12)C1CC1. The summed E-state index contributed by atoms with van der Waals surface area (Å²) in [6, 6.07) is 0.582. The van der Waals surface area contributed by atoms with Crippen LogP contribution >= 0.6 is 0 Å². The largest absolute Gasteiger partial charge is 0.356 e. The molecule has 3 rings (SSSR count). The Balaban J connectivity index is 2.15. The van der Waals surface area contributed by atoms with E-state index in [1.165, 1.54) is 12.8 Å². The molecule has 0 atom stereocenters. The third-order valence-electron chi connectivity index (χ3n) is 2.85. The predicted molar refractivity (Wildman–Crippen MR) is 60.9 cm³/mol. The lowest BCUT2D eigenvalue weighted by Gasteiger charge is -2.18. The number of aromatic nitrogens is 4. The molecule has 1 aliphatic rings. The van der Waals surface area contributed by atoms with Crippen molar-refractivity contribution in [3.63, 3.8) is 0 Å². The van der Waals surface area contributed by atoms with Gasteiger partial charge in [0.1, 0.15) is 5.82 Å². The average Bonchev–Trinajstić information content (AvgIpc) is 3.05. The van der Waals surface area contributed by atoms with Crippen LogP contribution in [0.5, 0.6) is 0 Å². The van der Waals surface area contributed by atoms with Crippen molar-refractivity contribution in [1.82, 2.24) is 20.2 Å². The van der Waals surface area contributed by atoms with Crippen molar-refractivity contribution in [3.05, 3.63) is 6.20 Å². The Labute approximate surface area is 92.0 Å². The van der Waals surface area contributed by atoms with E-state index in [0.717, 1.165) is 11.2 Å². The van der Waals surface area contributed by atoms with Gasteiger partial charge in [-0.25, -0.2) is 5.84 Å². The van der Waals surface area contributed by atoms with Crippen LogP contribution in [-0.4, -0.2) is 33.3 Å². The van der Waals surface area contributed by atoms with Crippen LogP contribution in [0.1, 0.15) is 12.8 Å². The Morgan fingerprint density at radius 1 is 1.50 bits per heavy atom. The zero-order chi connectivity index (χ0) is 11.1. The highest BCUT2D eigenvalue weighted by Gasteiger charge is 2.28. The highest BCUT2D eigenvalue weighted by Crippen LogP contribution is 2.32. The molecule has 2 aromatic rings. The Morgan fingerprint density at radius 2 is 2.31 bits per heavy atom. The number of anilines is 2. The maximum Gasteiger partial charge on any atom is 0.241 e. The summed E-state index contributed by atoms with van der Waals surface area (Å²) in [4.78, 5) is 10.7. The number of nitrogens with zero attached hydrogens (tertiary/aromatic N) is 4. The van der Waals surface area contributed by atoms with Crippen molar-refractivity contribution in [2.45, 2.75) is 18.9 Å². The lowest BCUT2D eigenvalue weighted by Crippen LogP contribution is -2.22. The van der Waals surface area contributed by atoms with Crippen molar-refractivity contribution < 1.29 is 0 Å². The highest BCUT2D eigenvalue weighted by molar-refractivity contribution is 5.87. The molecule has 16 heavy (non-hydrogen) atoms. The van der Waals surface area contributed by atoms with Crippen LogP contribution in [0.15, 0.2) is 6.20 Å². The van der Waals surface area contributed by atoms with Crippen molar-refractivity contribution in [2.24, 2.45) is 5.84 Å². The number of nitrogens with one attached hydrogen (secondary N) is 2. The quantitative estimate of drug-likeness (QED) is 0.505. The number of hydrazine groups is 1. The Morgan fingerprint density at radius 3 is 3.00 bits per heavy atom. The van der Waals surface area contributed by atoms with Crippen molar-refractivity contribution in [2.75, 3.05) is 17.4 Å². The highest BCUT2D eigenvalue weighted by atomic mass is 15.3. The van der Waals surface area contributed by atoms with Gasteiger partial charge in [-0.2, -0.15) is 15.1 Å². The second kappa shape index (κ2) is 3.31. The van der Waals surface area contributed by atoms with Gasteiger partial charge < -0.3 is 4.90 Å². The standard InChI is InChI=1S/C9H13N7/c1-16(5-2-3-5)8-6-4-11-15-7(6)12-9(13-8)14-10/h4-5H,2-3,10H2,1H3,(H2,11,12,13,14,15). The van der Waals surface area contributed by atoms with Gasteiger partial charge in [0.25, 0.3) is 0 Å². The molecule has 0 unspecified atom stereocenters. The minimum Gasteiger partial charge on any atom is -0.356 e. The summed E-state index contributed by atoms with van der Waals surface area (Å²) in [5, 5.41) is 7.73. The summed E-state index contributed by atoms with van der Waals surface area (Å²) < 4.78 is 0. The molecule has 1 aliphatic carbocycles. The Kier molecular flexibility index (Phi) is 1.93. The molecule has 0 radical (unpaired) electrons. The molecular weight excluding hydrogens is 206 g/mol. The van der Waals surface area contributed by atoms with Crippen molar-refractivity contribution >= 4 is 22.8 Å². The topological polar surface area (TPSA) is 95.8 Å². The van der Waals surface area contributed by atoms with Gasteiger partial charge in [-0.3, -0.25) is 10.5 Å². The van der Waals surface area contributed by atoms with Crippen LogP contribution in [0.25, 0.3) is 11.0 Å². The normalized spacial score (nSPS) is 15.4. The summed E-state index contributed by atoms with van der Waals surface area (Å²) in [5.41, 5.74) is 3.17. The van der Waals surface area contributed by atoms with Crippen LogP contribution in [0.4, 0.5) is 11.8 Å². The molecule has 1 fully saturated rings. The fraction of sp³-hybridized carbons (Fsp3) is 0.444. The fourth-order valence-electron chi connectivity index (χ4n) is 1.79. The van der Waals surface area contributed by atoms with Gasteiger partial charge in [0.15, 0.2) is 5.65 Å². The molecule has 4 N–H and O–H groups in total. The van der Waals surface area contributed by atoms with E-state index >= 15 is 0 Å². The summed E-state index contributed by atoms with van der Waals surface area (Å²) in [5.74, 6) is 6.61. The molecule has 0 aromatic carbocycles. The molecule has 0 spiro atoms. The van der Waals surface area contributed by atoms with Crippen molar-refractivity contribution in [1.29, 1.82) is 0 Å². The molecule has 2 heterocycles. The first-order chi connectivity index (χ1) is 7.79. The van der Waals surface area contributed by atoms with Gasteiger partial charge in [0, 0.05) is 13.1 Å². The zero-order valence-corrected chi connectivity index (χ0v) is 8.94. The summed E-state index contributed by atoms with van der Waals surface area (Å²) >= 11 is 0.